The molecule has 1 aliphatic rings. The summed E-state index contributed by atoms with van der Waals surface area (Å²) in [5.74, 6) is -1.03. The molecule has 0 bridgehead atoms. The third kappa shape index (κ3) is 6.23. The van der Waals surface area contributed by atoms with Crippen LogP contribution in [0.2, 0.25) is 0 Å². The highest BCUT2D eigenvalue weighted by atomic mass is 16.5. The van der Waals surface area contributed by atoms with E-state index in [1.807, 2.05) is 0 Å². The number of hydrogen-bond acceptors (Lipinski definition) is 5. The minimum atomic E-state index is -0.692. The first-order valence-corrected chi connectivity index (χ1v) is 8.66. The monoisotopic (exact) mass is 360 g/mol. The molecular formula is C19H24N2O5. The molecule has 7 heteroatoms. The van der Waals surface area contributed by atoms with Crippen molar-refractivity contribution in [1.82, 2.24) is 10.6 Å². The Kier molecular flexibility index (Phi) is 7.67. The van der Waals surface area contributed by atoms with Crippen molar-refractivity contribution < 1.29 is 23.9 Å². The molecule has 2 N–H and O–H groups in total. The van der Waals surface area contributed by atoms with Crippen molar-refractivity contribution >= 4 is 17.9 Å². The van der Waals surface area contributed by atoms with E-state index in [-0.39, 0.29) is 5.56 Å². The van der Waals surface area contributed by atoms with Crippen LogP contribution < -0.4 is 15.4 Å². The van der Waals surface area contributed by atoms with Gasteiger partial charge in [-0.3, -0.25) is 10.1 Å². The molecule has 140 valence electrons. The number of esters is 1. The van der Waals surface area contributed by atoms with Crippen molar-refractivity contribution in [1.29, 1.82) is 0 Å². The van der Waals surface area contributed by atoms with Gasteiger partial charge in [-0.1, -0.05) is 23.8 Å². The van der Waals surface area contributed by atoms with Crippen molar-refractivity contribution in [2.24, 2.45) is 0 Å². The second kappa shape index (κ2) is 10.2. The molecule has 0 heterocycles. The topological polar surface area (TPSA) is 93.7 Å². The summed E-state index contributed by atoms with van der Waals surface area (Å²) in [4.78, 5) is 35.4. The maximum atomic E-state index is 12.0. The Hall–Kier alpha value is -2.83. The van der Waals surface area contributed by atoms with Crippen LogP contribution in [0.25, 0.3) is 0 Å². The summed E-state index contributed by atoms with van der Waals surface area (Å²) < 4.78 is 9.97. The Labute approximate surface area is 152 Å². The highest BCUT2D eigenvalue weighted by Gasteiger charge is 2.15. The quantitative estimate of drug-likeness (QED) is 0.576. The largest absolute Gasteiger partial charge is 0.496 e. The number of hydrogen-bond donors (Lipinski definition) is 2. The fourth-order valence-electron chi connectivity index (χ4n) is 2.70. The highest BCUT2D eigenvalue weighted by Crippen LogP contribution is 2.19. The third-order valence-corrected chi connectivity index (χ3v) is 4.03. The van der Waals surface area contributed by atoms with E-state index >= 15 is 0 Å². The van der Waals surface area contributed by atoms with Crippen LogP contribution >= 0.6 is 0 Å². The molecule has 0 unspecified atom stereocenters. The van der Waals surface area contributed by atoms with Gasteiger partial charge in [0.25, 0.3) is 5.91 Å². The van der Waals surface area contributed by atoms with E-state index < -0.39 is 24.5 Å². The molecule has 1 aromatic rings. The number of carbonyl (C=O) groups excluding carboxylic acids is 3. The van der Waals surface area contributed by atoms with E-state index in [1.165, 1.54) is 31.6 Å². The smallest absolute Gasteiger partial charge is 0.342 e. The van der Waals surface area contributed by atoms with Gasteiger partial charge in [-0.15, -0.1) is 0 Å². The number of amides is 3. The fourth-order valence-corrected chi connectivity index (χ4v) is 2.70. The summed E-state index contributed by atoms with van der Waals surface area (Å²) in [6, 6.07) is 5.93. The van der Waals surface area contributed by atoms with Crippen LogP contribution in [0.15, 0.2) is 35.9 Å². The number of ether oxygens (including phenoxy) is 2. The average Bonchev–Trinajstić information content (AvgIpc) is 2.67. The number of para-hydroxylation sites is 1. The lowest BCUT2D eigenvalue weighted by Crippen LogP contribution is -2.41. The molecule has 0 saturated carbocycles. The van der Waals surface area contributed by atoms with E-state index in [0.717, 1.165) is 19.3 Å². The molecular weight excluding hydrogens is 336 g/mol. The van der Waals surface area contributed by atoms with Crippen LogP contribution in [0.4, 0.5) is 4.79 Å². The predicted molar refractivity (Wildman–Crippen MR) is 96.0 cm³/mol. The summed E-state index contributed by atoms with van der Waals surface area (Å²) >= 11 is 0. The fraction of sp³-hybridized carbons (Fsp3) is 0.421. The van der Waals surface area contributed by atoms with Gasteiger partial charge >= 0.3 is 12.0 Å². The lowest BCUT2D eigenvalue weighted by atomic mass is 9.97. The van der Waals surface area contributed by atoms with Crippen LogP contribution in [0.3, 0.4) is 0 Å². The first-order valence-electron chi connectivity index (χ1n) is 8.66. The van der Waals surface area contributed by atoms with Gasteiger partial charge in [-0.25, -0.2) is 9.59 Å². The minimum Gasteiger partial charge on any atom is -0.496 e. The second-order valence-electron chi connectivity index (χ2n) is 5.94. The van der Waals surface area contributed by atoms with Crippen LogP contribution in [-0.4, -0.2) is 38.2 Å². The van der Waals surface area contributed by atoms with Crippen LogP contribution in [0, 0.1) is 0 Å². The zero-order chi connectivity index (χ0) is 18.8. The third-order valence-electron chi connectivity index (χ3n) is 4.03. The van der Waals surface area contributed by atoms with Crippen molar-refractivity contribution in [2.75, 3.05) is 20.3 Å². The Morgan fingerprint density at radius 3 is 2.69 bits per heavy atom. The standard InChI is InChI=1S/C19H24N2O5/c1-25-16-10-6-5-9-15(16)18(23)26-13-17(22)21-19(24)20-12-11-14-7-3-2-4-8-14/h5-7,9-10H,2-4,8,11-13H2,1H3,(H2,20,21,22,24). The summed E-state index contributed by atoms with van der Waals surface area (Å²) in [7, 11) is 1.44. The van der Waals surface area contributed by atoms with Crippen LogP contribution in [0.5, 0.6) is 5.75 Å². The number of rotatable bonds is 7. The lowest BCUT2D eigenvalue weighted by Gasteiger charge is -2.13. The average molecular weight is 360 g/mol. The van der Waals surface area contributed by atoms with E-state index in [2.05, 4.69) is 16.7 Å². The maximum absolute atomic E-state index is 12.0. The number of methoxy groups -OCH3 is 1. The zero-order valence-corrected chi connectivity index (χ0v) is 14.9. The molecule has 0 atom stereocenters. The molecule has 3 amide bonds. The SMILES string of the molecule is COc1ccccc1C(=O)OCC(=O)NC(=O)NCCC1=CCCCC1. The van der Waals surface area contributed by atoms with Crippen molar-refractivity contribution in [3.05, 3.63) is 41.5 Å². The number of nitrogens with one attached hydrogen (secondary N) is 2. The second-order valence-corrected chi connectivity index (χ2v) is 5.94. The predicted octanol–water partition coefficient (Wildman–Crippen LogP) is 2.57. The summed E-state index contributed by atoms with van der Waals surface area (Å²) in [5, 5.41) is 4.76. The molecule has 0 aromatic heterocycles. The Morgan fingerprint density at radius 2 is 1.96 bits per heavy atom. The molecule has 0 aliphatic heterocycles. The van der Waals surface area contributed by atoms with Crippen molar-refractivity contribution in [2.45, 2.75) is 32.1 Å². The molecule has 26 heavy (non-hydrogen) atoms. The van der Waals surface area contributed by atoms with Gasteiger partial charge in [0.2, 0.25) is 0 Å². The van der Waals surface area contributed by atoms with Gasteiger partial charge in [0.15, 0.2) is 6.61 Å². The molecule has 0 fully saturated rings. The summed E-state index contributed by atoms with van der Waals surface area (Å²) in [5.41, 5.74) is 1.56. The zero-order valence-electron chi connectivity index (χ0n) is 14.9. The molecule has 7 nitrogen and oxygen atoms in total. The van der Waals surface area contributed by atoms with Crippen molar-refractivity contribution in [3.8, 4) is 5.75 Å². The first kappa shape index (κ1) is 19.5. The van der Waals surface area contributed by atoms with E-state index in [1.54, 1.807) is 18.2 Å². The molecule has 1 aliphatic carbocycles. The molecule has 0 radical (unpaired) electrons. The van der Waals surface area contributed by atoms with Crippen molar-refractivity contribution in [3.63, 3.8) is 0 Å². The first-order chi connectivity index (χ1) is 12.6. The Morgan fingerprint density at radius 1 is 1.15 bits per heavy atom. The summed E-state index contributed by atoms with van der Waals surface area (Å²) in [6.07, 6.45) is 7.57. The minimum absolute atomic E-state index is 0.216. The maximum Gasteiger partial charge on any atom is 0.342 e. The van der Waals surface area contributed by atoms with Gasteiger partial charge in [-0.2, -0.15) is 0 Å². The normalized spacial score (nSPS) is 13.3. The van der Waals surface area contributed by atoms with Gasteiger partial charge in [0.1, 0.15) is 11.3 Å². The van der Waals surface area contributed by atoms with Crippen LogP contribution in [0.1, 0.15) is 42.5 Å². The number of carbonyl (C=O) groups is 3. The van der Waals surface area contributed by atoms with Gasteiger partial charge < -0.3 is 14.8 Å². The van der Waals surface area contributed by atoms with Gasteiger partial charge in [-0.05, 0) is 44.2 Å². The molecule has 1 aromatic carbocycles. The highest BCUT2D eigenvalue weighted by molar-refractivity contribution is 5.97. The number of benzene rings is 1. The van der Waals surface area contributed by atoms with E-state index in [9.17, 15) is 14.4 Å². The van der Waals surface area contributed by atoms with Gasteiger partial charge in [0.05, 0.1) is 7.11 Å². The molecule has 0 saturated heterocycles. The van der Waals surface area contributed by atoms with Crippen LogP contribution in [-0.2, 0) is 9.53 Å². The Bertz CT molecular complexity index is 684. The van der Waals surface area contributed by atoms with E-state index in [0.29, 0.717) is 12.3 Å². The Balaban J connectivity index is 1.68. The van der Waals surface area contributed by atoms with E-state index in [4.69, 9.17) is 9.47 Å². The molecule has 2 rings (SSSR count). The number of imide groups is 1. The van der Waals surface area contributed by atoms with Gasteiger partial charge in [0, 0.05) is 6.54 Å². The molecule has 0 spiro atoms. The summed E-state index contributed by atoms with van der Waals surface area (Å²) in [6.45, 7) is -0.0819. The lowest BCUT2D eigenvalue weighted by molar-refractivity contribution is -0.123. The number of urea groups is 1. The number of allylic oxidation sites excluding steroid dienone is 1.